The predicted octanol–water partition coefficient (Wildman–Crippen LogP) is 1.86. The van der Waals surface area contributed by atoms with Crippen LogP contribution in [-0.4, -0.2) is 35.1 Å². The maximum Gasteiger partial charge on any atom is 0.416 e. The summed E-state index contributed by atoms with van der Waals surface area (Å²) in [6, 6.07) is 3.21. The number of hydrogen-bond donors (Lipinski definition) is 2. The van der Waals surface area contributed by atoms with E-state index in [1.54, 1.807) is 0 Å². The maximum atomic E-state index is 12.5. The van der Waals surface area contributed by atoms with Gasteiger partial charge in [0.2, 0.25) is 0 Å². The number of benzene rings is 1. The first kappa shape index (κ1) is 14.2. The van der Waals surface area contributed by atoms with Crippen molar-refractivity contribution in [3.05, 3.63) is 35.4 Å². The number of nitrogens with one attached hydrogen (secondary N) is 1. The third-order valence-corrected chi connectivity index (χ3v) is 3.01. The third-order valence-electron chi connectivity index (χ3n) is 3.01. The van der Waals surface area contributed by atoms with E-state index < -0.39 is 36.3 Å². The molecule has 2 amide bonds. The molecule has 1 unspecified atom stereocenters. The second-order valence-corrected chi connectivity index (χ2v) is 4.34. The van der Waals surface area contributed by atoms with Crippen molar-refractivity contribution in [2.45, 2.75) is 12.2 Å². The number of alkyl halides is 3. The van der Waals surface area contributed by atoms with Crippen LogP contribution in [0.2, 0.25) is 0 Å². The van der Waals surface area contributed by atoms with Crippen LogP contribution in [0.15, 0.2) is 24.3 Å². The molecule has 1 aromatic rings. The number of carbonyl (C=O) groups is 2. The van der Waals surface area contributed by atoms with Crippen molar-refractivity contribution in [1.82, 2.24) is 10.2 Å². The van der Waals surface area contributed by atoms with Gasteiger partial charge in [-0.15, -0.1) is 0 Å². The van der Waals surface area contributed by atoms with Crippen molar-refractivity contribution in [2.24, 2.45) is 0 Å². The molecule has 1 aliphatic heterocycles. The standard InChI is InChI=1S/C12H11F3N2O3/c13-12(14,15)8-3-1-7(2-4-8)9-5-16-11(20)17(9)6-10(18)19/h1-4,9H,5-6H2,(H,16,20)(H,18,19). The van der Waals surface area contributed by atoms with Crippen molar-refractivity contribution >= 4 is 12.0 Å². The topological polar surface area (TPSA) is 69.6 Å². The average molecular weight is 288 g/mol. The highest BCUT2D eigenvalue weighted by molar-refractivity contribution is 5.82. The molecule has 5 nitrogen and oxygen atoms in total. The zero-order valence-electron chi connectivity index (χ0n) is 10.1. The molecule has 1 aromatic carbocycles. The van der Waals surface area contributed by atoms with Gasteiger partial charge in [0, 0.05) is 6.54 Å². The van der Waals surface area contributed by atoms with Crippen molar-refractivity contribution in [3.63, 3.8) is 0 Å². The van der Waals surface area contributed by atoms with Gasteiger partial charge < -0.3 is 15.3 Å². The van der Waals surface area contributed by atoms with E-state index in [-0.39, 0.29) is 6.54 Å². The van der Waals surface area contributed by atoms with E-state index in [1.807, 2.05) is 0 Å². The summed E-state index contributed by atoms with van der Waals surface area (Å²) in [5.41, 5.74) is -0.332. The summed E-state index contributed by atoms with van der Waals surface area (Å²) in [5, 5.41) is 11.2. The molecule has 1 heterocycles. The first-order valence-electron chi connectivity index (χ1n) is 5.72. The molecule has 2 rings (SSSR count). The fourth-order valence-electron chi connectivity index (χ4n) is 2.06. The summed E-state index contributed by atoms with van der Waals surface area (Å²) in [6.07, 6.45) is -4.43. The van der Waals surface area contributed by atoms with Gasteiger partial charge in [-0.05, 0) is 17.7 Å². The van der Waals surface area contributed by atoms with Crippen LogP contribution in [-0.2, 0) is 11.0 Å². The van der Waals surface area contributed by atoms with Gasteiger partial charge in [0.1, 0.15) is 6.54 Å². The van der Waals surface area contributed by atoms with Crippen LogP contribution in [0.4, 0.5) is 18.0 Å². The van der Waals surface area contributed by atoms with Crippen LogP contribution in [0.3, 0.4) is 0 Å². The Balaban J connectivity index is 2.22. The normalized spacial score (nSPS) is 19.1. The Bertz CT molecular complexity index is 528. The lowest BCUT2D eigenvalue weighted by Gasteiger charge is -2.21. The minimum absolute atomic E-state index is 0.164. The van der Waals surface area contributed by atoms with E-state index in [4.69, 9.17) is 5.11 Å². The Hall–Kier alpha value is -2.25. The fraction of sp³-hybridized carbons (Fsp3) is 0.333. The Labute approximate surface area is 112 Å². The van der Waals surface area contributed by atoms with Crippen LogP contribution in [0, 0.1) is 0 Å². The largest absolute Gasteiger partial charge is 0.480 e. The molecule has 0 spiro atoms. The van der Waals surface area contributed by atoms with Gasteiger partial charge in [0.15, 0.2) is 0 Å². The molecular weight excluding hydrogens is 277 g/mol. The van der Waals surface area contributed by atoms with Crippen molar-refractivity contribution < 1.29 is 27.9 Å². The number of amides is 2. The molecule has 8 heteroatoms. The Morgan fingerprint density at radius 1 is 1.35 bits per heavy atom. The van der Waals surface area contributed by atoms with Crippen molar-refractivity contribution in [1.29, 1.82) is 0 Å². The van der Waals surface area contributed by atoms with Gasteiger partial charge in [0.25, 0.3) is 0 Å². The number of carbonyl (C=O) groups excluding carboxylic acids is 1. The van der Waals surface area contributed by atoms with Crippen LogP contribution < -0.4 is 5.32 Å². The van der Waals surface area contributed by atoms with Gasteiger partial charge >= 0.3 is 18.2 Å². The monoisotopic (exact) mass is 288 g/mol. The number of aliphatic carboxylic acids is 1. The molecule has 0 saturated carbocycles. The highest BCUT2D eigenvalue weighted by atomic mass is 19.4. The number of halogens is 3. The van der Waals surface area contributed by atoms with E-state index in [2.05, 4.69) is 5.32 Å². The quantitative estimate of drug-likeness (QED) is 0.892. The first-order chi connectivity index (χ1) is 9.29. The molecule has 20 heavy (non-hydrogen) atoms. The van der Waals surface area contributed by atoms with Crippen LogP contribution in [0.1, 0.15) is 17.2 Å². The minimum Gasteiger partial charge on any atom is -0.480 e. The first-order valence-corrected chi connectivity index (χ1v) is 5.72. The summed E-state index contributed by atoms with van der Waals surface area (Å²) in [4.78, 5) is 23.3. The van der Waals surface area contributed by atoms with E-state index in [0.717, 1.165) is 17.0 Å². The number of rotatable bonds is 3. The van der Waals surface area contributed by atoms with E-state index >= 15 is 0 Å². The second-order valence-electron chi connectivity index (χ2n) is 4.34. The fourth-order valence-corrected chi connectivity index (χ4v) is 2.06. The lowest BCUT2D eigenvalue weighted by molar-refractivity contribution is -0.138. The third kappa shape index (κ3) is 2.84. The zero-order valence-corrected chi connectivity index (χ0v) is 10.1. The molecule has 1 saturated heterocycles. The molecule has 1 fully saturated rings. The number of nitrogens with zero attached hydrogens (tertiary/aromatic N) is 1. The Kier molecular flexibility index (Phi) is 3.56. The van der Waals surface area contributed by atoms with E-state index in [0.29, 0.717) is 5.56 Å². The van der Waals surface area contributed by atoms with E-state index in [1.165, 1.54) is 12.1 Å². The SMILES string of the molecule is O=C(O)CN1C(=O)NCC1c1ccc(C(F)(F)F)cc1. The highest BCUT2D eigenvalue weighted by Crippen LogP contribution is 2.31. The molecule has 1 aliphatic rings. The molecule has 2 N–H and O–H groups in total. The lowest BCUT2D eigenvalue weighted by atomic mass is 10.0. The number of carboxylic acid groups (broad SMARTS) is 1. The number of hydrogen-bond acceptors (Lipinski definition) is 2. The van der Waals surface area contributed by atoms with Crippen LogP contribution >= 0.6 is 0 Å². The van der Waals surface area contributed by atoms with Gasteiger partial charge in [0.05, 0.1) is 11.6 Å². The highest BCUT2D eigenvalue weighted by Gasteiger charge is 2.34. The number of urea groups is 1. The molecule has 0 radical (unpaired) electrons. The molecule has 108 valence electrons. The van der Waals surface area contributed by atoms with Gasteiger partial charge in [-0.25, -0.2) is 4.79 Å². The summed E-state index contributed by atoms with van der Waals surface area (Å²) < 4.78 is 37.4. The molecule has 0 aromatic heterocycles. The summed E-state index contributed by atoms with van der Waals surface area (Å²) in [5.74, 6) is -1.18. The predicted molar refractivity (Wildman–Crippen MR) is 61.9 cm³/mol. The molecule has 1 atom stereocenters. The summed E-state index contributed by atoms with van der Waals surface area (Å²) in [6.45, 7) is -0.338. The zero-order chi connectivity index (χ0) is 14.9. The molecule has 0 aliphatic carbocycles. The lowest BCUT2D eigenvalue weighted by Crippen LogP contribution is -2.34. The minimum atomic E-state index is -4.43. The summed E-state index contributed by atoms with van der Waals surface area (Å²) >= 11 is 0. The van der Waals surface area contributed by atoms with Gasteiger partial charge in [-0.3, -0.25) is 4.79 Å². The summed E-state index contributed by atoms with van der Waals surface area (Å²) in [7, 11) is 0. The Morgan fingerprint density at radius 2 is 1.95 bits per heavy atom. The van der Waals surface area contributed by atoms with Gasteiger partial charge in [-0.1, -0.05) is 12.1 Å². The Morgan fingerprint density at radius 3 is 2.45 bits per heavy atom. The average Bonchev–Trinajstić information content (AvgIpc) is 2.70. The number of carboxylic acids is 1. The van der Waals surface area contributed by atoms with Crippen molar-refractivity contribution in [3.8, 4) is 0 Å². The smallest absolute Gasteiger partial charge is 0.416 e. The molecular formula is C12H11F3N2O3. The molecule has 0 bridgehead atoms. The second kappa shape index (κ2) is 5.03. The van der Waals surface area contributed by atoms with Crippen molar-refractivity contribution in [2.75, 3.05) is 13.1 Å². The maximum absolute atomic E-state index is 12.5. The van der Waals surface area contributed by atoms with E-state index in [9.17, 15) is 22.8 Å². The van der Waals surface area contributed by atoms with Gasteiger partial charge in [-0.2, -0.15) is 13.2 Å². The van der Waals surface area contributed by atoms with Crippen LogP contribution in [0.5, 0.6) is 0 Å². The van der Waals surface area contributed by atoms with Crippen LogP contribution in [0.25, 0.3) is 0 Å².